The van der Waals surface area contributed by atoms with Crippen molar-refractivity contribution in [2.24, 2.45) is 0 Å². The van der Waals surface area contributed by atoms with Crippen molar-refractivity contribution in [2.45, 2.75) is 11.4 Å². The summed E-state index contributed by atoms with van der Waals surface area (Å²) in [4.78, 5) is 8.01. The molecule has 0 aromatic carbocycles. The van der Waals surface area contributed by atoms with Gasteiger partial charge in [-0.05, 0) is 5.10 Å². The van der Waals surface area contributed by atoms with Crippen LogP contribution in [0.25, 0.3) is 11.4 Å². The van der Waals surface area contributed by atoms with Crippen molar-refractivity contribution in [3.8, 4) is 11.4 Å². The molecule has 2 heterocycles. The standard InChI is InChI=1S/C12H15N4O5S2/c1-21-23(19,20)6-5-16-4-3-10(7-15-16)12-13-8-11(9-14-12)22(2,17)18/h3-4,7-9H,5-6H2,1-2H3/q+1. The van der Waals surface area contributed by atoms with E-state index in [9.17, 15) is 16.8 Å². The number of rotatable bonds is 6. The Morgan fingerprint density at radius 3 is 2.26 bits per heavy atom. The van der Waals surface area contributed by atoms with Crippen LogP contribution in [-0.2, 0) is 30.7 Å². The van der Waals surface area contributed by atoms with E-state index in [1.807, 2.05) is 0 Å². The fourth-order valence-corrected chi connectivity index (χ4v) is 2.66. The van der Waals surface area contributed by atoms with Crippen molar-refractivity contribution in [3.05, 3.63) is 30.9 Å². The molecule has 2 aromatic heterocycles. The van der Waals surface area contributed by atoms with Gasteiger partial charge < -0.3 is 0 Å². The predicted octanol–water partition coefficient (Wildman–Crippen LogP) is -0.794. The van der Waals surface area contributed by atoms with Gasteiger partial charge in [0.25, 0.3) is 10.1 Å². The maximum absolute atomic E-state index is 11.3. The van der Waals surface area contributed by atoms with Gasteiger partial charge >= 0.3 is 0 Å². The van der Waals surface area contributed by atoms with Gasteiger partial charge in [-0.1, -0.05) is 4.68 Å². The zero-order valence-corrected chi connectivity index (χ0v) is 14.1. The van der Waals surface area contributed by atoms with E-state index < -0.39 is 20.0 Å². The molecule has 0 radical (unpaired) electrons. The third kappa shape index (κ3) is 4.74. The lowest BCUT2D eigenvalue weighted by Gasteiger charge is -2.01. The summed E-state index contributed by atoms with van der Waals surface area (Å²) >= 11 is 0. The SMILES string of the molecule is COS(=O)(=O)CC[n+]1ccc(-c2ncc(S(C)(=O)=O)cn2)cn1. The molecule has 0 aliphatic rings. The lowest BCUT2D eigenvalue weighted by Crippen LogP contribution is -2.40. The largest absolute Gasteiger partial charge is 0.273 e. The summed E-state index contributed by atoms with van der Waals surface area (Å²) in [5.74, 6) is 0.127. The average molecular weight is 359 g/mol. The lowest BCUT2D eigenvalue weighted by molar-refractivity contribution is -0.750. The van der Waals surface area contributed by atoms with Crippen LogP contribution in [0.5, 0.6) is 0 Å². The van der Waals surface area contributed by atoms with Crippen molar-refractivity contribution >= 4 is 20.0 Å². The van der Waals surface area contributed by atoms with E-state index in [-0.39, 0.29) is 17.2 Å². The summed E-state index contributed by atoms with van der Waals surface area (Å²) in [6, 6.07) is 1.65. The van der Waals surface area contributed by atoms with Gasteiger partial charge in [-0.15, -0.1) is 0 Å². The van der Waals surface area contributed by atoms with Gasteiger partial charge in [0.1, 0.15) is 16.8 Å². The highest BCUT2D eigenvalue weighted by atomic mass is 32.2. The maximum Gasteiger partial charge on any atom is 0.273 e. The van der Waals surface area contributed by atoms with E-state index in [4.69, 9.17) is 0 Å². The Labute approximate surface area is 134 Å². The molecular weight excluding hydrogens is 344 g/mol. The first-order valence-electron chi connectivity index (χ1n) is 6.38. The van der Waals surface area contributed by atoms with Crippen LogP contribution in [0.15, 0.2) is 35.7 Å². The van der Waals surface area contributed by atoms with Crippen LogP contribution in [0, 0.1) is 0 Å². The van der Waals surface area contributed by atoms with Gasteiger partial charge in [0.05, 0.1) is 7.11 Å². The zero-order valence-electron chi connectivity index (χ0n) is 12.4. The van der Waals surface area contributed by atoms with E-state index in [2.05, 4.69) is 19.2 Å². The summed E-state index contributed by atoms with van der Waals surface area (Å²) in [5.41, 5.74) is 0.580. The molecule has 0 unspecified atom stereocenters. The Hall–Kier alpha value is -1.98. The quantitative estimate of drug-likeness (QED) is 0.486. The van der Waals surface area contributed by atoms with Crippen LogP contribution < -0.4 is 4.68 Å². The summed E-state index contributed by atoms with van der Waals surface area (Å²) in [6.07, 6.45) is 6.57. The van der Waals surface area contributed by atoms with Gasteiger partial charge in [0, 0.05) is 30.3 Å². The van der Waals surface area contributed by atoms with Gasteiger partial charge in [-0.3, -0.25) is 4.18 Å². The molecule has 124 valence electrons. The van der Waals surface area contributed by atoms with Crippen LogP contribution in [0.4, 0.5) is 0 Å². The van der Waals surface area contributed by atoms with Crippen molar-refractivity contribution < 1.29 is 25.7 Å². The van der Waals surface area contributed by atoms with E-state index in [0.717, 1.165) is 13.4 Å². The fraction of sp³-hybridized carbons (Fsp3) is 0.333. The molecule has 11 heteroatoms. The first-order valence-corrected chi connectivity index (χ1v) is 9.85. The van der Waals surface area contributed by atoms with Crippen LogP contribution in [-0.4, -0.2) is 51.0 Å². The summed E-state index contributed by atoms with van der Waals surface area (Å²) in [7, 11) is -5.78. The minimum Gasteiger partial charge on any atom is -0.273 e. The number of aromatic nitrogens is 4. The molecule has 0 atom stereocenters. The third-order valence-electron chi connectivity index (χ3n) is 2.91. The molecule has 2 aromatic rings. The first kappa shape index (κ1) is 17.4. The molecule has 0 saturated heterocycles. The molecule has 23 heavy (non-hydrogen) atoms. The highest BCUT2D eigenvalue weighted by Crippen LogP contribution is 2.13. The van der Waals surface area contributed by atoms with Crippen molar-refractivity contribution in [2.75, 3.05) is 19.1 Å². The number of hydrogen-bond donors (Lipinski definition) is 0. The van der Waals surface area contributed by atoms with Crippen LogP contribution in [0.3, 0.4) is 0 Å². The summed E-state index contributed by atoms with van der Waals surface area (Å²) in [6.45, 7) is 0.143. The second-order valence-corrected chi connectivity index (χ2v) is 8.49. The van der Waals surface area contributed by atoms with Gasteiger partial charge in [-0.2, -0.15) is 8.42 Å². The zero-order chi connectivity index (χ0) is 17.1. The van der Waals surface area contributed by atoms with Gasteiger partial charge in [-0.25, -0.2) is 18.4 Å². The van der Waals surface area contributed by atoms with Crippen molar-refractivity contribution in [3.63, 3.8) is 0 Å². The summed E-state index contributed by atoms with van der Waals surface area (Å²) in [5, 5.41) is 4.06. The molecule has 9 nitrogen and oxygen atoms in total. The van der Waals surface area contributed by atoms with Gasteiger partial charge in [0.15, 0.2) is 28.4 Å². The number of hydrogen-bond acceptors (Lipinski definition) is 8. The second-order valence-electron chi connectivity index (χ2n) is 4.62. The molecule has 0 saturated carbocycles. The summed E-state index contributed by atoms with van der Waals surface area (Å²) < 4.78 is 51.0. The minimum atomic E-state index is -3.54. The number of nitrogens with zero attached hydrogens (tertiary/aromatic N) is 4. The Bertz CT molecular complexity index is 878. The molecule has 0 amide bonds. The van der Waals surface area contributed by atoms with Crippen LogP contribution >= 0.6 is 0 Å². The highest BCUT2D eigenvalue weighted by molar-refractivity contribution is 7.90. The fourth-order valence-electron chi connectivity index (χ4n) is 1.59. The van der Waals surface area contributed by atoms with Gasteiger partial charge in [0.2, 0.25) is 0 Å². The van der Waals surface area contributed by atoms with E-state index in [1.165, 1.54) is 23.3 Å². The normalized spacial score (nSPS) is 12.3. The Kier molecular flexibility index (Phi) is 5.02. The minimum absolute atomic E-state index is 0.0324. The first-order chi connectivity index (χ1) is 10.7. The van der Waals surface area contributed by atoms with E-state index in [0.29, 0.717) is 11.4 Å². The number of sulfone groups is 1. The second kappa shape index (κ2) is 6.64. The molecule has 0 bridgehead atoms. The smallest absolute Gasteiger partial charge is 0.273 e. The Morgan fingerprint density at radius 2 is 1.78 bits per heavy atom. The Balaban J connectivity index is 2.13. The predicted molar refractivity (Wildman–Crippen MR) is 79.4 cm³/mol. The molecule has 0 N–H and O–H groups in total. The Morgan fingerprint density at radius 1 is 1.13 bits per heavy atom. The number of aryl methyl sites for hydroxylation is 1. The van der Waals surface area contributed by atoms with Crippen LogP contribution in [0.1, 0.15) is 0 Å². The van der Waals surface area contributed by atoms with Crippen molar-refractivity contribution in [1.29, 1.82) is 0 Å². The molecule has 0 fully saturated rings. The molecular formula is C12H15N4O5S2+. The molecule has 0 aliphatic heterocycles. The molecule has 0 spiro atoms. The third-order valence-corrected chi connectivity index (χ3v) is 5.17. The molecule has 2 rings (SSSR count). The van der Waals surface area contributed by atoms with Crippen LogP contribution in [0.2, 0.25) is 0 Å². The highest BCUT2D eigenvalue weighted by Gasteiger charge is 2.15. The lowest BCUT2D eigenvalue weighted by atomic mass is 10.3. The molecule has 0 aliphatic carbocycles. The van der Waals surface area contributed by atoms with E-state index in [1.54, 1.807) is 12.3 Å². The van der Waals surface area contributed by atoms with Crippen molar-refractivity contribution in [1.82, 2.24) is 15.1 Å². The monoisotopic (exact) mass is 359 g/mol. The maximum atomic E-state index is 11.3. The topological polar surface area (TPSA) is 120 Å². The van der Waals surface area contributed by atoms with E-state index >= 15 is 0 Å². The average Bonchev–Trinajstić information content (AvgIpc) is 2.53.